The summed E-state index contributed by atoms with van der Waals surface area (Å²) < 4.78 is 5.58. The maximum atomic E-state index is 12.6. The van der Waals surface area contributed by atoms with Crippen LogP contribution in [0.2, 0.25) is 0 Å². The number of nitrogens with one attached hydrogen (secondary N) is 1. The molecule has 20 heavy (non-hydrogen) atoms. The Bertz CT molecular complexity index is 297. The molecule has 1 aliphatic heterocycles. The van der Waals surface area contributed by atoms with Gasteiger partial charge in [-0.2, -0.15) is 0 Å². The van der Waals surface area contributed by atoms with Gasteiger partial charge in [0, 0.05) is 25.6 Å². The van der Waals surface area contributed by atoms with Crippen LogP contribution in [0, 0.1) is 5.92 Å². The lowest BCUT2D eigenvalue weighted by Crippen LogP contribution is -2.47. The van der Waals surface area contributed by atoms with Crippen molar-refractivity contribution in [3.05, 3.63) is 0 Å². The van der Waals surface area contributed by atoms with E-state index in [-0.39, 0.29) is 0 Å². The first kappa shape index (κ1) is 15.8. The number of ether oxygens (including phenoxy) is 1. The molecule has 4 nitrogen and oxygen atoms in total. The number of piperidine rings is 1. The second kappa shape index (κ2) is 7.99. The monoisotopic (exact) mass is 282 g/mol. The summed E-state index contributed by atoms with van der Waals surface area (Å²) in [6.07, 6.45) is 6.57. The van der Waals surface area contributed by atoms with Crippen molar-refractivity contribution in [2.75, 3.05) is 26.2 Å². The van der Waals surface area contributed by atoms with Gasteiger partial charge in [-0.1, -0.05) is 6.92 Å². The van der Waals surface area contributed by atoms with Crippen molar-refractivity contribution >= 4 is 5.91 Å². The molecule has 116 valence electrons. The van der Waals surface area contributed by atoms with Crippen LogP contribution in [-0.2, 0) is 9.53 Å². The van der Waals surface area contributed by atoms with Gasteiger partial charge in [-0.05, 0) is 58.0 Å². The van der Waals surface area contributed by atoms with Gasteiger partial charge in [-0.3, -0.25) is 4.79 Å². The minimum Gasteiger partial charge on any atom is -0.378 e. The first-order valence-corrected chi connectivity index (χ1v) is 8.36. The molecule has 2 rings (SSSR count). The summed E-state index contributed by atoms with van der Waals surface area (Å²) in [5, 5.41) is 3.38. The van der Waals surface area contributed by atoms with Gasteiger partial charge in [0.1, 0.15) is 0 Å². The molecule has 1 saturated heterocycles. The fourth-order valence-electron chi connectivity index (χ4n) is 3.45. The Morgan fingerprint density at radius 1 is 1.25 bits per heavy atom. The van der Waals surface area contributed by atoms with Crippen LogP contribution < -0.4 is 5.32 Å². The van der Waals surface area contributed by atoms with Crippen molar-refractivity contribution in [1.82, 2.24) is 10.2 Å². The largest absolute Gasteiger partial charge is 0.378 e. The Hall–Kier alpha value is -0.610. The van der Waals surface area contributed by atoms with Crippen LogP contribution in [0.3, 0.4) is 0 Å². The van der Waals surface area contributed by atoms with Crippen molar-refractivity contribution in [1.29, 1.82) is 0 Å². The van der Waals surface area contributed by atoms with Crippen molar-refractivity contribution in [3.8, 4) is 0 Å². The number of nitrogens with zero attached hydrogens (tertiary/aromatic N) is 1. The van der Waals surface area contributed by atoms with Crippen molar-refractivity contribution in [2.45, 2.75) is 64.5 Å². The Balaban J connectivity index is 1.78. The van der Waals surface area contributed by atoms with Crippen LogP contribution in [0.25, 0.3) is 0 Å². The molecule has 1 aliphatic carbocycles. The van der Waals surface area contributed by atoms with Crippen molar-refractivity contribution in [2.24, 2.45) is 5.92 Å². The van der Waals surface area contributed by atoms with Crippen LogP contribution in [0.15, 0.2) is 0 Å². The zero-order chi connectivity index (χ0) is 14.4. The first-order chi connectivity index (χ1) is 9.74. The van der Waals surface area contributed by atoms with Crippen molar-refractivity contribution < 1.29 is 9.53 Å². The average molecular weight is 282 g/mol. The number of hydrogen-bond acceptors (Lipinski definition) is 3. The molecule has 1 N–H and O–H groups in total. The van der Waals surface area contributed by atoms with E-state index in [1.54, 1.807) is 0 Å². The second-order valence-electron chi connectivity index (χ2n) is 6.19. The highest BCUT2D eigenvalue weighted by atomic mass is 16.5. The molecule has 0 unspecified atom stereocenters. The molecule has 1 amide bonds. The number of carbonyl (C=O) groups excluding carboxylic acids is 1. The van der Waals surface area contributed by atoms with Gasteiger partial charge in [-0.25, -0.2) is 0 Å². The van der Waals surface area contributed by atoms with E-state index in [2.05, 4.69) is 17.1 Å². The van der Waals surface area contributed by atoms with E-state index in [9.17, 15) is 4.79 Å². The molecule has 2 aliphatic rings. The normalized spacial score (nSPS) is 27.1. The predicted octanol–water partition coefficient (Wildman–Crippen LogP) is 2.18. The maximum Gasteiger partial charge on any atom is 0.223 e. The van der Waals surface area contributed by atoms with Crippen LogP contribution in [-0.4, -0.2) is 49.2 Å². The van der Waals surface area contributed by atoms with Gasteiger partial charge < -0.3 is 15.0 Å². The summed E-state index contributed by atoms with van der Waals surface area (Å²) in [7, 11) is 0. The second-order valence-corrected chi connectivity index (χ2v) is 6.19. The standard InChI is InChI=1S/C16H30N2O2/c1-3-9-18(14-5-7-17-8-6-14)16(19)12-13-10-15(11-13)20-4-2/h13-15,17H,3-12H2,1-2H3. The van der Waals surface area contributed by atoms with Gasteiger partial charge in [-0.15, -0.1) is 0 Å². The number of hydrogen-bond donors (Lipinski definition) is 1. The van der Waals surface area contributed by atoms with E-state index in [0.29, 0.717) is 24.0 Å². The number of amides is 1. The molecule has 0 aromatic rings. The van der Waals surface area contributed by atoms with E-state index in [0.717, 1.165) is 64.8 Å². The van der Waals surface area contributed by atoms with E-state index in [4.69, 9.17) is 4.74 Å². The summed E-state index contributed by atoms with van der Waals surface area (Å²) in [5.74, 6) is 0.929. The minimum atomic E-state index is 0.374. The lowest BCUT2D eigenvalue weighted by Gasteiger charge is -2.38. The summed E-state index contributed by atoms with van der Waals surface area (Å²) >= 11 is 0. The van der Waals surface area contributed by atoms with Crippen LogP contribution in [0.4, 0.5) is 0 Å². The van der Waals surface area contributed by atoms with E-state index in [1.807, 2.05) is 6.92 Å². The highest BCUT2D eigenvalue weighted by Gasteiger charge is 2.33. The SMILES string of the molecule is CCCN(C(=O)CC1CC(OCC)C1)C1CCNCC1. The zero-order valence-electron chi connectivity index (χ0n) is 13.1. The van der Waals surface area contributed by atoms with Gasteiger partial charge in [0.05, 0.1) is 6.10 Å². The molecular weight excluding hydrogens is 252 g/mol. The first-order valence-electron chi connectivity index (χ1n) is 8.36. The van der Waals surface area contributed by atoms with Crippen LogP contribution >= 0.6 is 0 Å². The molecular formula is C16H30N2O2. The number of rotatable bonds is 7. The van der Waals surface area contributed by atoms with Gasteiger partial charge in [0.15, 0.2) is 0 Å². The molecule has 0 radical (unpaired) electrons. The lowest BCUT2D eigenvalue weighted by atomic mass is 9.79. The summed E-state index contributed by atoms with van der Waals surface area (Å²) in [4.78, 5) is 14.7. The molecule has 0 spiro atoms. The fraction of sp³-hybridized carbons (Fsp3) is 0.938. The fourth-order valence-corrected chi connectivity index (χ4v) is 3.45. The van der Waals surface area contributed by atoms with E-state index < -0.39 is 0 Å². The quantitative estimate of drug-likeness (QED) is 0.778. The van der Waals surface area contributed by atoms with Gasteiger partial charge >= 0.3 is 0 Å². The van der Waals surface area contributed by atoms with Crippen molar-refractivity contribution in [3.63, 3.8) is 0 Å². The smallest absolute Gasteiger partial charge is 0.223 e. The third-order valence-corrected chi connectivity index (χ3v) is 4.59. The Kier molecular flexibility index (Phi) is 6.30. The third kappa shape index (κ3) is 4.19. The zero-order valence-corrected chi connectivity index (χ0v) is 13.1. The predicted molar refractivity (Wildman–Crippen MR) is 80.7 cm³/mol. The molecule has 1 saturated carbocycles. The summed E-state index contributed by atoms with van der Waals surface area (Å²) in [5.41, 5.74) is 0. The molecule has 4 heteroatoms. The highest BCUT2D eigenvalue weighted by Crippen LogP contribution is 2.33. The Labute approximate surface area is 123 Å². The molecule has 0 aromatic carbocycles. The van der Waals surface area contributed by atoms with Crippen LogP contribution in [0.5, 0.6) is 0 Å². The average Bonchev–Trinajstić information content (AvgIpc) is 2.43. The summed E-state index contributed by atoms with van der Waals surface area (Å²) in [6, 6.07) is 0.464. The van der Waals surface area contributed by atoms with E-state index >= 15 is 0 Å². The lowest BCUT2D eigenvalue weighted by molar-refractivity contribution is -0.137. The third-order valence-electron chi connectivity index (χ3n) is 4.59. The highest BCUT2D eigenvalue weighted by molar-refractivity contribution is 5.77. The van der Waals surface area contributed by atoms with Gasteiger partial charge in [0.2, 0.25) is 5.91 Å². The molecule has 2 fully saturated rings. The topological polar surface area (TPSA) is 41.6 Å². The summed E-state index contributed by atoms with van der Waals surface area (Å²) in [6.45, 7) is 8.02. The molecule has 0 atom stereocenters. The van der Waals surface area contributed by atoms with Crippen LogP contribution in [0.1, 0.15) is 52.4 Å². The molecule has 0 bridgehead atoms. The van der Waals surface area contributed by atoms with Gasteiger partial charge in [0.25, 0.3) is 0 Å². The molecule has 1 heterocycles. The molecule has 0 aromatic heterocycles. The van der Waals surface area contributed by atoms with E-state index in [1.165, 1.54) is 0 Å². The number of carbonyl (C=O) groups is 1. The Morgan fingerprint density at radius 3 is 2.55 bits per heavy atom. The Morgan fingerprint density at radius 2 is 1.95 bits per heavy atom. The maximum absolute atomic E-state index is 12.6. The minimum absolute atomic E-state index is 0.374.